The van der Waals surface area contributed by atoms with E-state index in [2.05, 4.69) is 12.1 Å². The van der Waals surface area contributed by atoms with Crippen LogP contribution in [-0.2, 0) is 16.6 Å². The summed E-state index contributed by atoms with van der Waals surface area (Å²) in [5, 5.41) is 40.9. The summed E-state index contributed by atoms with van der Waals surface area (Å²) in [6, 6.07) is 11.1. The van der Waals surface area contributed by atoms with Crippen molar-refractivity contribution in [3.05, 3.63) is 76.1 Å². The number of carbonyl (C=O) groups is 1. The van der Waals surface area contributed by atoms with Crippen LogP contribution in [0.1, 0.15) is 87.6 Å². The number of nitrogens with zero attached hydrogens (tertiary/aromatic N) is 2. The molecule has 5 rings (SSSR count). The minimum atomic E-state index is -0.904. The summed E-state index contributed by atoms with van der Waals surface area (Å²) < 4.78 is 6.00. The molecule has 0 aromatic heterocycles. The van der Waals surface area contributed by atoms with Crippen LogP contribution in [0.15, 0.2) is 64.4 Å². The van der Waals surface area contributed by atoms with Gasteiger partial charge in [0.15, 0.2) is 18.2 Å². The number of nitrogens with two attached hydrogens (primary N) is 2. The number of aliphatic hydroxyl groups excluding tert-OH is 2. The average Bonchev–Trinajstić information content (AvgIpc) is 3.73. The number of benzene rings is 2. The van der Waals surface area contributed by atoms with Crippen molar-refractivity contribution in [1.29, 1.82) is 0 Å². The molecule has 242 valence electrons. The topological polar surface area (TPSA) is 175 Å². The fraction of sp³-hybridized carbons (Fsp3) is 0.486. The molecule has 0 amide bonds. The third-order valence-corrected chi connectivity index (χ3v) is 9.28. The predicted octanol–water partition coefficient (Wildman–Crippen LogP) is 4.20. The van der Waals surface area contributed by atoms with Gasteiger partial charge in [0, 0.05) is 48.9 Å². The predicted molar refractivity (Wildman–Crippen MR) is 173 cm³/mol. The number of ketones is 1. The molecule has 1 saturated carbocycles. The van der Waals surface area contributed by atoms with Crippen molar-refractivity contribution in [2.75, 3.05) is 13.3 Å². The molecule has 3 aliphatic rings. The lowest BCUT2D eigenvalue weighted by Gasteiger charge is -2.32. The molecule has 2 aromatic carbocycles. The van der Waals surface area contributed by atoms with E-state index in [0.717, 1.165) is 43.4 Å². The van der Waals surface area contributed by atoms with E-state index in [0.29, 0.717) is 18.5 Å². The maximum atomic E-state index is 12.5. The molecule has 8 N–H and O–H groups in total. The standard InChI is InChI=1S/C35H46N4O6/c1-2-6-25(40)15-27(42)16-26(41)10-9-22-14-33(32(44)17-31(22)43)45-21-39-19-28-29(18-38-30(28)20-39)35(11-3-4-12-35)24-8-5-7-23(13-24)34(36)37/h5,7-8,13-14,17-18,20,25,27,34,40,42-44H,2-4,6,9-12,15-16,19,21,36-37H2,1H3/t25-,27+/m0/s1. The van der Waals surface area contributed by atoms with E-state index in [9.17, 15) is 25.2 Å². The van der Waals surface area contributed by atoms with E-state index >= 15 is 0 Å². The van der Waals surface area contributed by atoms with Crippen LogP contribution in [0, 0.1) is 0 Å². The van der Waals surface area contributed by atoms with E-state index in [1.165, 1.54) is 22.8 Å². The van der Waals surface area contributed by atoms with Gasteiger partial charge in [-0.3, -0.25) is 9.79 Å². The molecule has 0 saturated heterocycles. The van der Waals surface area contributed by atoms with E-state index in [1.54, 1.807) is 6.07 Å². The molecule has 0 radical (unpaired) electrons. The van der Waals surface area contributed by atoms with Crippen molar-refractivity contribution in [2.45, 2.75) is 94.9 Å². The first-order chi connectivity index (χ1) is 21.6. The van der Waals surface area contributed by atoms with Crippen LogP contribution in [0.3, 0.4) is 0 Å². The van der Waals surface area contributed by atoms with Crippen molar-refractivity contribution in [2.24, 2.45) is 16.5 Å². The molecule has 10 nitrogen and oxygen atoms in total. The Hall–Kier alpha value is -3.70. The minimum absolute atomic E-state index is 0.0554. The maximum absolute atomic E-state index is 12.5. The molecule has 2 aromatic rings. The number of aliphatic hydroxyl groups is 2. The largest absolute Gasteiger partial charge is 0.508 e. The van der Waals surface area contributed by atoms with Gasteiger partial charge in [-0.15, -0.1) is 0 Å². The minimum Gasteiger partial charge on any atom is -0.508 e. The van der Waals surface area contributed by atoms with Crippen LogP contribution >= 0.6 is 0 Å². The van der Waals surface area contributed by atoms with Gasteiger partial charge in [-0.05, 0) is 60.4 Å². The first-order valence-electron chi connectivity index (χ1n) is 16.0. The zero-order chi connectivity index (χ0) is 32.1. The number of phenolic OH excluding ortho intramolecular Hbond substituents is 2. The Morgan fingerprint density at radius 1 is 1.09 bits per heavy atom. The van der Waals surface area contributed by atoms with Crippen LogP contribution in [0.5, 0.6) is 17.2 Å². The fourth-order valence-corrected chi connectivity index (χ4v) is 6.91. The molecule has 2 atom stereocenters. The lowest BCUT2D eigenvalue weighted by atomic mass is 9.71. The van der Waals surface area contributed by atoms with Crippen molar-refractivity contribution in [3.8, 4) is 17.2 Å². The van der Waals surface area contributed by atoms with Crippen molar-refractivity contribution >= 4 is 12.0 Å². The van der Waals surface area contributed by atoms with Gasteiger partial charge in [-0.25, -0.2) is 0 Å². The van der Waals surface area contributed by atoms with Crippen molar-refractivity contribution in [1.82, 2.24) is 4.90 Å². The SMILES string of the molecule is CCC[C@H](O)C[C@@H](O)CC(=O)CCc1cc(OCN2C=C3N=CC(C4(c5cccc(C(N)N)c5)CCCC4)=C3C2)c(O)cc1O. The molecule has 0 spiro atoms. The number of hydrogen-bond donors (Lipinski definition) is 6. The van der Waals surface area contributed by atoms with Crippen LogP contribution in [0.25, 0.3) is 0 Å². The summed E-state index contributed by atoms with van der Waals surface area (Å²) in [6.45, 7) is 2.72. The maximum Gasteiger partial charge on any atom is 0.164 e. The third kappa shape index (κ3) is 7.41. The first-order valence-corrected chi connectivity index (χ1v) is 16.0. The summed E-state index contributed by atoms with van der Waals surface area (Å²) in [6.07, 6.45) is 8.03. The van der Waals surface area contributed by atoms with Crippen LogP contribution in [-0.4, -0.2) is 62.8 Å². The number of hydrogen-bond acceptors (Lipinski definition) is 10. The number of rotatable bonds is 15. The van der Waals surface area contributed by atoms with Gasteiger partial charge in [0.05, 0.1) is 24.1 Å². The smallest absolute Gasteiger partial charge is 0.164 e. The second-order valence-corrected chi connectivity index (χ2v) is 12.6. The van der Waals surface area contributed by atoms with Gasteiger partial charge in [0.2, 0.25) is 0 Å². The Balaban J connectivity index is 1.23. The molecule has 2 heterocycles. The lowest BCUT2D eigenvalue weighted by molar-refractivity contribution is -0.121. The molecular formula is C35H46N4O6. The zero-order valence-electron chi connectivity index (χ0n) is 26.0. The van der Waals surface area contributed by atoms with Gasteiger partial charge in [0.1, 0.15) is 11.5 Å². The monoisotopic (exact) mass is 618 g/mol. The van der Waals surface area contributed by atoms with E-state index < -0.39 is 18.4 Å². The number of phenols is 2. The molecular weight excluding hydrogens is 572 g/mol. The Labute approximate surface area is 264 Å². The number of fused-ring (bicyclic) bond motifs is 1. The highest BCUT2D eigenvalue weighted by atomic mass is 16.5. The van der Waals surface area contributed by atoms with Gasteiger partial charge in [-0.1, -0.05) is 50.5 Å². The molecule has 1 aliphatic carbocycles. The molecule has 10 heteroatoms. The fourth-order valence-electron chi connectivity index (χ4n) is 6.91. The molecule has 0 bridgehead atoms. The summed E-state index contributed by atoms with van der Waals surface area (Å²) >= 11 is 0. The summed E-state index contributed by atoms with van der Waals surface area (Å²) in [5.41, 5.74) is 17.8. The number of aryl methyl sites for hydroxylation is 1. The van der Waals surface area contributed by atoms with Crippen molar-refractivity contribution < 1.29 is 30.0 Å². The van der Waals surface area contributed by atoms with E-state index in [4.69, 9.17) is 21.2 Å². The van der Waals surface area contributed by atoms with Crippen LogP contribution < -0.4 is 16.2 Å². The highest BCUT2D eigenvalue weighted by Crippen LogP contribution is 2.50. The number of ether oxygens (including phenoxy) is 1. The Morgan fingerprint density at radius 3 is 2.60 bits per heavy atom. The van der Waals surface area contributed by atoms with E-state index in [1.807, 2.05) is 36.4 Å². The number of aromatic hydroxyl groups is 2. The van der Waals surface area contributed by atoms with Gasteiger partial charge in [0.25, 0.3) is 0 Å². The second kappa shape index (κ2) is 14.2. The van der Waals surface area contributed by atoms with E-state index in [-0.39, 0.29) is 60.9 Å². The van der Waals surface area contributed by atoms with Gasteiger partial charge in [-0.2, -0.15) is 0 Å². The van der Waals surface area contributed by atoms with Gasteiger partial charge < -0.3 is 41.5 Å². The summed E-state index contributed by atoms with van der Waals surface area (Å²) in [5.74, 6) is -0.294. The van der Waals surface area contributed by atoms with Crippen molar-refractivity contribution in [3.63, 3.8) is 0 Å². The Kier molecular flexibility index (Phi) is 10.3. The first kappa shape index (κ1) is 32.7. The van der Waals surface area contributed by atoms with Gasteiger partial charge >= 0.3 is 0 Å². The molecule has 2 aliphatic heterocycles. The highest BCUT2D eigenvalue weighted by Gasteiger charge is 2.43. The highest BCUT2D eigenvalue weighted by molar-refractivity contribution is 5.90. The Bertz CT molecular complexity index is 1480. The average molecular weight is 619 g/mol. The zero-order valence-corrected chi connectivity index (χ0v) is 26.0. The molecule has 0 unspecified atom stereocenters. The summed E-state index contributed by atoms with van der Waals surface area (Å²) in [7, 11) is 0. The third-order valence-electron chi connectivity index (χ3n) is 9.28. The normalized spacial score (nSPS) is 18.4. The summed E-state index contributed by atoms with van der Waals surface area (Å²) in [4.78, 5) is 19.2. The van der Waals surface area contributed by atoms with Crippen LogP contribution in [0.2, 0.25) is 0 Å². The molecule has 45 heavy (non-hydrogen) atoms. The number of aliphatic imine (C=N–C) groups is 1. The second-order valence-electron chi connectivity index (χ2n) is 12.6. The number of Topliss-reactive ketones (excluding diaryl/α,β-unsaturated/α-hetero) is 1. The Morgan fingerprint density at radius 2 is 1.87 bits per heavy atom. The number of allylic oxidation sites excluding steroid dienone is 1. The number of carbonyl (C=O) groups excluding carboxylic acids is 1. The van der Waals surface area contributed by atoms with Crippen LogP contribution in [0.4, 0.5) is 0 Å². The quantitative estimate of drug-likeness (QED) is 0.160. The molecule has 1 fully saturated rings. The lowest BCUT2D eigenvalue weighted by Crippen LogP contribution is -2.29.